The van der Waals surface area contributed by atoms with E-state index in [2.05, 4.69) is 5.32 Å². The van der Waals surface area contributed by atoms with Gasteiger partial charge in [-0.3, -0.25) is 0 Å². The number of nitrogens with two attached hydrogens (primary N) is 1. The molecule has 0 fully saturated rings. The van der Waals surface area contributed by atoms with Gasteiger partial charge >= 0.3 is 0 Å². The topological polar surface area (TPSA) is 38.0 Å². The molecule has 3 N–H and O–H groups in total. The zero-order valence-corrected chi connectivity index (χ0v) is 10.8. The highest BCUT2D eigenvalue weighted by Crippen LogP contribution is 2.30. The smallest absolute Gasteiger partial charge is 0.0642 e. The quantitative estimate of drug-likeness (QED) is 0.778. The van der Waals surface area contributed by atoms with Crippen molar-refractivity contribution in [3.05, 3.63) is 52.0 Å². The first-order chi connectivity index (χ1) is 8.06. The molecule has 0 unspecified atom stereocenters. The van der Waals surface area contributed by atoms with E-state index in [9.17, 15) is 0 Å². The van der Waals surface area contributed by atoms with Crippen LogP contribution in [0.3, 0.4) is 0 Å². The van der Waals surface area contributed by atoms with Gasteiger partial charge in [0, 0.05) is 16.4 Å². The van der Waals surface area contributed by atoms with Crippen LogP contribution in [-0.2, 0) is 0 Å². The molecule has 0 spiro atoms. The van der Waals surface area contributed by atoms with E-state index in [0.29, 0.717) is 10.0 Å². The summed E-state index contributed by atoms with van der Waals surface area (Å²) in [5, 5.41) is 4.51. The summed E-state index contributed by atoms with van der Waals surface area (Å²) in [5.74, 6) is 0. The average Bonchev–Trinajstić information content (AvgIpc) is 2.27. The molecule has 0 aliphatic heterocycles. The maximum absolute atomic E-state index is 6.08. The third-order valence-electron chi connectivity index (χ3n) is 2.45. The van der Waals surface area contributed by atoms with Crippen LogP contribution in [0.2, 0.25) is 10.0 Å². The van der Waals surface area contributed by atoms with Crippen LogP contribution in [0, 0.1) is 6.92 Å². The van der Waals surface area contributed by atoms with E-state index in [1.54, 1.807) is 18.2 Å². The van der Waals surface area contributed by atoms with Crippen LogP contribution >= 0.6 is 23.2 Å². The Morgan fingerprint density at radius 2 is 1.76 bits per heavy atom. The van der Waals surface area contributed by atoms with E-state index < -0.39 is 0 Å². The summed E-state index contributed by atoms with van der Waals surface area (Å²) in [5.41, 5.74) is 9.24. The molecule has 0 heterocycles. The van der Waals surface area contributed by atoms with Crippen LogP contribution in [0.5, 0.6) is 0 Å². The minimum absolute atomic E-state index is 0.630. The zero-order chi connectivity index (χ0) is 12.4. The van der Waals surface area contributed by atoms with E-state index in [4.69, 9.17) is 28.9 Å². The van der Waals surface area contributed by atoms with Crippen molar-refractivity contribution in [2.75, 3.05) is 11.1 Å². The molecule has 0 aliphatic rings. The first-order valence-electron chi connectivity index (χ1n) is 5.14. The highest BCUT2D eigenvalue weighted by atomic mass is 35.5. The largest absolute Gasteiger partial charge is 0.399 e. The summed E-state index contributed by atoms with van der Waals surface area (Å²) in [6.07, 6.45) is 0. The highest BCUT2D eigenvalue weighted by Gasteiger charge is 2.04. The standard InChI is InChI=1S/C13H12Cl2N2/c1-8-6-10(16)3-5-12(8)17-13-7-9(14)2-4-11(13)15/h2-7,17H,16H2,1H3. The summed E-state index contributed by atoms with van der Waals surface area (Å²) in [6.45, 7) is 1.98. The maximum Gasteiger partial charge on any atom is 0.0642 e. The molecule has 0 radical (unpaired) electrons. The number of nitrogen functional groups attached to an aromatic ring is 1. The van der Waals surface area contributed by atoms with E-state index in [1.165, 1.54) is 0 Å². The van der Waals surface area contributed by atoms with Gasteiger partial charge in [-0.2, -0.15) is 0 Å². The number of anilines is 3. The van der Waals surface area contributed by atoms with Gasteiger partial charge in [0.1, 0.15) is 0 Å². The third-order valence-corrected chi connectivity index (χ3v) is 3.01. The van der Waals surface area contributed by atoms with Crippen molar-refractivity contribution in [1.29, 1.82) is 0 Å². The second-order valence-corrected chi connectivity index (χ2v) is 4.67. The van der Waals surface area contributed by atoms with Gasteiger partial charge in [-0.1, -0.05) is 23.2 Å². The minimum atomic E-state index is 0.630. The van der Waals surface area contributed by atoms with E-state index in [0.717, 1.165) is 22.6 Å². The fraction of sp³-hybridized carbons (Fsp3) is 0.0769. The molecule has 0 aliphatic carbocycles. The summed E-state index contributed by atoms with van der Waals surface area (Å²) < 4.78 is 0. The first-order valence-corrected chi connectivity index (χ1v) is 5.90. The fourth-order valence-corrected chi connectivity index (χ4v) is 1.90. The van der Waals surface area contributed by atoms with Crippen molar-refractivity contribution in [2.45, 2.75) is 6.92 Å². The van der Waals surface area contributed by atoms with Crippen molar-refractivity contribution < 1.29 is 0 Å². The first kappa shape index (κ1) is 12.1. The molecule has 0 atom stereocenters. The Labute approximate surface area is 110 Å². The van der Waals surface area contributed by atoms with Gasteiger partial charge in [0.05, 0.1) is 10.7 Å². The molecule has 0 amide bonds. The van der Waals surface area contributed by atoms with Crippen LogP contribution in [0.4, 0.5) is 17.1 Å². The lowest BCUT2D eigenvalue weighted by atomic mass is 10.1. The van der Waals surface area contributed by atoms with Gasteiger partial charge in [-0.15, -0.1) is 0 Å². The second-order valence-electron chi connectivity index (χ2n) is 3.82. The second kappa shape index (κ2) is 4.86. The molecule has 88 valence electrons. The molecule has 2 aromatic carbocycles. The molecule has 2 rings (SSSR count). The zero-order valence-electron chi connectivity index (χ0n) is 9.30. The minimum Gasteiger partial charge on any atom is -0.399 e. The summed E-state index contributed by atoms with van der Waals surface area (Å²) in [6, 6.07) is 11.0. The Morgan fingerprint density at radius 1 is 1.00 bits per heavy atom. The Kier molecular flexibility index (Phi) is 3.46. The predicted octanol–water partition coefficient (Wildman–Crippen LogP) is 4.63. The summed E-state index contributed by atoms with van der Waals surface area (Å²) in [7, 11) is 0. The van der Waals surface area contributed by atoms with E-state index >= 15 is 0 Å². The Hall–Kier alpha value is -1.38. The highest BCUT2D eigenvalue weighted by molar-refractivity contribution is 6.35. The van der Waals surface area contributed by atoms with Gasteiger partial charge in [-0.05, 0) is 48.9 Å². The Morgan fingerprint density at radius 3 is 2.47 bits per heavy atom. The Balaban J connectivity index is 2.34. The lowest BCUT2D eigenvalue weighted by molar-refractivity contribution is 1.43. The van der Waals surface area contributed by atoms with E-state index in [-0.39, 0.29) is 0 Å². The molecule has 0 aromatic heterocycles. The van der Waals surface area contributed by atoms with Gasteiger partial charge in [0.25, 0.3) is 0 Å². The maximum atomic E-state index is 6.08. The van der Waals surface area contributed by atoms with Gasteiger partial charge in [0.15, 0.2) is 0 Å². The summed E-state index contributed by atoms with van der Waals surface area (Å²) in [4.78, 5) is 0. The molecule has 4 heteroatoms. The van der Waals surface area contributed by atoms with Crippen molar-refractivity contribution >= 4 is 40.3 Å². The number of nitrogens with one attached hydrogen (secondary N) is 1. The number of halogens is 2. The van der Waals surface area contributed by atoms with Crippen LogP contribution < -0.4 is 11.1 Å². The lowest BCUT2D eigenvalue weighted by Crippen LogP contribution is -1.95. The molecule has 0 saturated carbocycles. The van der Waals surface area contributed by atoms with Crippen molar-refractivity contribution in [2.24, 2.45) is 0 Å². The number of hydrogen-bond donors (Lipinski definition) is 2. The van der Waals surface area contributed by atoms with Crippen LogP contribution in [-0.4, -0.2) is 0 Å². The number of benzene rings is 2. The van der Waals surface area contributed by atoms with Crippen molar-refractivity contribution in [1.82, 2.24) is 0 Å². The Bertz CT molecular complexity index is 553. The monoisotopic (exact) mass is 266 g/mol. The predicted molar refractivity (Wildman–Crippen MR) is 75.3 cm³/mol. The van der Waals surface area contributed by atoms with Crippen LogP contribution in [0.1, 0.15) is 5.56 Å². The molecular formula is C13H12Cl2N2. The number of aryl methyl sites for hydroxylation is 1. The normalized spacial score (nSPS) is 10.3. The van der Waals surface area contributed by atoms with Crippen molar-refractivity contribution in [3.63, 3.8) is 0 Å². The molecular weight excluding hydrogens is 255 g/mol. The van der Waals surface area contributed by atoms with Crippen LogP contribution in [0.25, 0.3) is 0 Å². The number of hydrogen-bond acceptors (Lipinski definition) is 2. The SMILES string of the molecule is Cc1cc(N)ccc1Nc1cc(Cl)ccc1Cl. The summed E-state index contributed by atoms with van der Waals surface area (Å²) >= 11 is 12.0. The van der Waals surface area contributed by atoms with Gasteiger partial charge in [-0.25, -0.2) is 0 Å². The average molecular weight is 267 g/mol. The lowest BCUT2D eigenvalue weighted by Gasteiger charge is -2.11. The third kappa shape index (κ3) is 2.84. The number of rotatable bonds is 2. The van der Waals surface area contributed by atoms with Gasteiger partial charge < -0.3 is 11.1 Å². The van der Waals surface area contributed by atoms with E-state index in [1.807, 2.05) is 25.1 Å². The van der Waals surface area contributed by atoms with Crippen LogP contribution in [0.15, 0.2) is 36.4 Å². The molecule has 2 aromatic rings. The molecule has 0 saturated heterocycles. The van der Waals surface area contributed by atoms with Crippen molar-refractivity contribution in [3.8, 4) is 0 Å². The molecule has 0 bridgehead atoms. The molecule has 2 nitrogen and oxygen atoms in total. The van der Waals surface area contributed by atoms with Gasteiger partial charge in [0.2, 0.25) is 0 Å². The molecule has 17 heavy (non-hydrogen) atoms. The fourth-order valence-electron chi connectivity index (χ4n) is 1.57.